The average Bonchev–Trinajstić information content (AvgIpc) is 2.42. The van der Waals surface area contributed by atoms with Crippen molar-refractivity contribution in [3.63, 3.8) is 0 Å². The number of aromatic amines is 1. The average molecular weight is 284 g/mol. The quantitative estimate of drug-likeness (QED) is 0.697. The zero-order chi connectivity index (χ0) is 14.3. The Morgan fingerprint density at radius 1 is 1.15 bits per heavy atom. The molecule has 0 fully saturated rings. The van der Waals surface area contributed by atoms with E-state index in [-0.39, 0.29) is 10.3 Å². The number of hydrogen-bond acceptors (Lipinski definition) is 4. The molecule has 2 aliphatic heterocycles. The predicted octanol–water partition coefficient (Wildman–Crippen LogP) is 2.41. The van der Waals surface area contributed by atoms with Crippen molar-refractivity contribution in [2.75, 3.05) is 0 Å². The number of aryl methyl sites for hydroxylation is 1. The van der Waals surface area contributed by atoms with Crippen LogP contribution in [0.25, 0.3) is 17.2 Å². The van der Waals surface area contributed by atoms with Crippen molar-refractivity contribution in [3.8, 4) is 17.2 Å². The SMILES string of the molecule is Cc1nc2c(=O)[nH]c(=S)nc-2n(-c2ccccc2)c1C. The Balaban J connectivity index is 2.50. The van der Waals surface area contributed by atoms with Crippen molar-refractivity contribution in [1.82, 2.24) is 19.5 Å². The molecule has 5 nitrogen and oxygen atoms in total. The van der Waals surface area contributed by atoms with Crippen LogP contribution in [0.1, 0.15) is 11.4 Å². The van der Waals surface area contributed by atoms with Crippen LogP contribution in [0, 0.1) is 18.6 Å². The molecule has 0 unspecified atom stereocenters. The molecule has 2 aliphatic rings. The summed E-state index contributed by atoms with van der Waals surface area (Å²) in [5.74, 6) is 0.480. The van der Waals surface area contributed by atoms with Crippen LogP contribution >= 0.6 is 12.2 Å². The highest BCUT2D eigenvalue weighted by molar-refractivity contribution is 7.71. The topological polar surface area (TPSA) is 63.6 Å². The summed E-state index contributed by atoms with van der Waals surface area (Å²) < 4.78 is 2.07. The molecular weight excluding hydrogens is 272 g/mol. The minimum atomic E-state index is -0.312. The van der Waals surface area contributed by atoms with E-state index in [2.05, 4.69) is 15.0 Å². The zero-order valence-corrected chi connectivity index (χ0v) is 11.9. The monoisotopic (exact) mass is 284 g/mol. The molecule has 0 bridgehead atoms. The lowest BCUT2D eigenvalue weighted by atomic mass is 10.2. The maximum absolute atomic E-state index is 12.0. The second-order valence-corrected chi connectivity index (χ2v) is 4.88. The van der Waals surface area contributed by atoms with Gasteiger partial charge in [-0.25, -0.2) is 4.98 Å². The lowest BCUT2D eigenvalue weighted by molar-refractivity contribution is 0.866. The van der Waals surface area contributed by atoms with E-state index in [1.165, 1.54) is 0 Å². The van der Waals surface area contributed by atoms with Gasteiger partial charge < -0.3 is 0 Å². The molecular formula is C14H12N4OS. The normalized spacial score (nSPS) is 10.9. The van der Waals surface area contributed by atoms with E-state index in [9.17, 15) is 4.79 Å². The molecule has 0 aliphatic carbocycles. The number of benzene rings is 1. The van der Waals surface area contributed by atoms with Gasteiger partial charge in [0.2, 0.25) is 4.77 Å². The highest BCUT2D eigenvalue weighted by Crippen LogP contribution is 2.22. The van der Waals surface area contributed by atoms with Gasteiger partial charge in [0.25, 0.3) is 5.56 Å². The van der Waals surface area contributed by atoms with E-state index in [1.54, 1.807) is 0 Å². The molecule has 0 spiro atoms. The van der Waals surface area contributed by atoms with Gasteiger partial charge in [0.05, 0.1) is 5.69 Å². The van der Waals surface area contributed by atoms with Gasteiger partial charge in [-0.2, -0.15) is 4.98 Å². The second kappa shape index (κ2) is 4.64. The number of rotatable bonds is 1. The molecule has 1 aromatic carbocycles. The van der Waals surface area contributed by atoms with Crippen molar-refractivity contribution < 1.29 is 0 Å². The molecule has 0 radical (unpaired) electrons. The van der Waals surface area contributed by atoms with E-state index in [1.807, 2.05) is 48.7 Å². The highest BCUT2D eigenvalue weighted by Gasteiger charge is 2.18. The third-order valence-corrected chi connectivity index (χ3v) is 3.41. The van der Waals surface area contributed by atoms with Crippen LogP contribution in [0.2, 0.25) is 0 Å². The molecule has 3 rings (SSSR count). The first kappa shape index (κ1) is 12.7. The van der Waals surface area contributed by atoms with E-state index < -0.39 is 0 Å². The third-order valence-electron chi connectivity index (χ3n) is 3.22. The molecule has 0 saturated heterocycles. The van der Waals surface area contributed by atoms with Crippen molar-refractivity contribution in [2.45, 2.75) is 13.8 Å². The van der Waals surface area contributed by atoms with Gasteiger partial charge in [0.1, 0.15) is 0 Å². The third kappa shape index (κ3) is 1.94. The molecule has 20 heavy (non-hydrogen) atoms. The van der Waals surface area contributed by atoms with Crippen molar-refractivity contribution >= 4 is 12.2 Å². The van der Waals surface area contributed by atoms with Gasteiger partial charge in [-0.05, 0) is 38.2 Å². The van der Waals surface area contributed by atoms with Gasteiger partial charge in [-0.3, -0.25) is 14.3 Å². The Morgan fingerprint density at radius 2 is 1.85 bits per heavy atom. The van der Waals surface area contributed by atoms with Crippen LogP contribution in [0.5, 0.6) is 0 Å². The fourth-order valence-corrected chi connectivity index (χ4v) is 2.33. The van der Waals surface area contributed by atoms with Crippen molar-refractivity contribution in [2.24, 2.45) is 0 Å². The number of aromatic nitrogens is 4. The molecule has 0 amide bonds. The smallest absolute Gasteiger partial charge is 0.279 e. The summed E-state index contributed by atoms with van der Waals surface area (Å²) in [5, 5.41) is 0. The first-order chi connectivity index (χ1) is 9.58. The van der Waals surface area contributed by atoms with Gasteiger partial charge >= 0.3 is 0 Å². The van der Waals surface area contributed by atoms with Crippen molar-refractivity contribution in [1.29, 1.82) is 0 Å². The summed E-state index contributed by atoms with van der Waals surface area (Å²) >= 11 is 5.00. The second-order valence-electron chi connectivity index (χ2n) is 4.50. The van der Waals surface area contributed by atoms with Crippen LogP contribution < -0.4 is 5.56 Å². The van der Waals surface area contributed by atoms with Crippen LogP contribution in [0.4, 0.5) is 0 Å². The number of nitrogens with one attached hydrogen (secondary N) is 1. The largest absolute Gasteiger partial charge is 0.296 e. The van der Waals surface area contributed by atoms with E-state index in [0.717, 1.165) is 17.1 Å². The Morgan fingerprint density at radius 3 is 2.55 bits per heavy atom. The van der Waals surface area contributed by atoms with E-state index in [0.29, 0.717) is 11.5 Å². The standard InChI is InChI=1S/C14H12N4OS/c1-8-9(2)18(10-6-4-3-5-7-10)12-11(15-8)13(19)17-14(20)16-12/h3-7H,1-2H3,(H,17,19,20). The number of nitrogens with zero attached hydrogens (tertiary/aromatic N) is 3. The molecule has 0 aromatic heterocycles. The van der Waals surface area contributed by atoms with Gasteiger partial charge in [0, 0.05) is 11.4 Å². The predicted molar refractivity (Wildman–Crippen MR) is 78.9 cm³/mol. The maximum Gasteiger partial charge on any atom is 0.279 e. The number of fused-ring (bicyclic) bond motifs is 1. The highest BCUT2D eigenvalue weighted by atomic mass is 32.1. The number of para-hydroxylation sites is 1. The van der Waals surface area contributed by atoms with Gasteiger partial charge in [-0.1, -0.05) is 18.2 Å². The summed E-state index contributed by atoms with van der Waals surface area (Å²) in [6, 6.07) is 9.72. The maximum atomic E-state index is 12.0. The summed E-state index contributed by atoms with van der Waals surface area (Å²) in [5.41, 5.74) is 2.62. The molecule has 100 valence electrons. The first-order valence-electron chi connectivity index (χ1n) is 6.13. The lowest BCUT2D eigenvalue weighted by Gasteiger charge is -2.18. The Hall–Kier alpha value is -2.34. The summed E-state index contributed by atoms with van der Waals surface area (Å²) in [6.07, 6.45) is 0. The number of hydrogen-bond donors (Lipinski definition) is 1. The van der Waals surface area contributed by atoms with Crippen LogP contribution in [-0.4, -0.2) is 19.5 Å². The zero-order valence-electron chi connectivity index (χ0n) is 11.0. The molecule has 2 heterocycles. The first-order valence-corrected chi connectivity index (χ1v) is 6.54. The minimum Gasteiger partial charge on any atom is -0.296 e. The summed E-state index contributed by atoms with van der Waals surface area (Å²) in [4.78, 5) is 23.1. The molecule has 1 N–H and O–H groups in total. The summed E-state index contributed by atoms with van der Waals surface area (Å²) in [7, 11) is 0. The van der Waals surface area contributed by atoms with Crippen LogP contribution in [0.15, 0.2) is 35.1 Å². The molecule has 0 atom stereocenters. The Bertz CT molecular complexity index is 867. The Labute approximate surface area is 120 Å². The summed E-state index contributed by atoms with van der Waals surface area (Å²) in [6.45, 7) is 3.82. The van der Waals surface area contributed by atoms with Gasteiger partial charge in [0.15, 0.2) is 11.5 Å². The van der Waals surface area contributed by atoms with Gasteiger partial charge in [-0.15, -0.1) is 0 Å². The molecule has 6 heteroatoms. The Kier molecular flexibility index (Phi) is 2.94. The fourth-order valence-electron chi connectivity index (χ4n) is 2.15. The van der Waals surface area contributed by atoms with E-state index >= 15 is 0 Å². The molecule has 1 aromatic rings. The van der Waals surface area contributed by atoms with Crippen molar-refractivity contribution in [3.05, 3.63) is 56.8 Å². The number of H-pyrrole nitrogens is 1. The lowest BCUT2D eigenvalue weighted by Crippen LogP contribution is -2.21. The van der Waals surface area contributed by atoms with Crippen LogP contribution in [-0.2, 0) is 0 Å². The fraction of sp³-hybridized carbons (Fsp3) is 0.143. The molecule has 0 saturated carbocycles. The minimum absolute atomic E-state index is 0.164. The van der Waals surface area contributed by atoms with Crippen LogP contribution in [0.3, 0.4) is 0 Å². The van der Waals surface area contributed by atoms with E-state index in [4.69, 9.17) is 12.2 Å².